The first kappa shape index (κ1) is 19.3. The molecular weight excluding hydrogens is 380 g/mol. The predicted octanol–water partition coefficient (Wildman–Crippen LogP) is 2.26. The van der Waals surface area contributed by atoms with Gasteiger partial charge in [-0.3, -0.25) is 19.1 Å². The van der Waals surface area contributed by atoms with Gasteiger partial charge in [0, 0.05) is 31.0 Å². The van der Waals surface area contributed by atoms with E-state index in [0.29, 0.717) is 29.4 Å². The first-order valence-electron chi connectivity index (χ1n) is 9.60. The van der Waals surface area contributed by atoms with Crippen molar-refractivity contribution in [2.75, 3.05) is 0 Å². The summed E-state index contributed by atoms with van der Waals surface area (Å²) in [4.78, 5) is 44.4. The molecule has 0 spiro atoms. The molecule has 4 aromatic rings. The average Bonchev–Trinajstić information content (AvgIpc) is 2.78. The number of benzene rings is 2. The van der Waals surface area contributed by atoms with E-state index < -0.39 is 5.69 Å². The van der Waals surface area contributed by atoms with E-state index in [0.717, 1.165) is 11.1 Å². The number of aromatic nitrogens is 3. The third-order valence-corrected chi connectivity index (χ3v) is 4.89. The smallest absolute Gasteiger partial charge is 0.328 e. The number of pyridine rings is 1. The molecule has 0 saturated heterocycles. The van der Waals surface area contributed by atoms with Crippen LogP contribution in [0, 0.1) is 0 Å². The number of carbonyl (C=O) groups excluding carboxylic acids is 1. The fourth-order valence-corrected chi connectivity index (χ4v) is 3.27. The lowest BCUT2D eigenvalue weighted by Gasteiger charge is -2.09. The van der Waals surface area contributed by atoms with Gasteiger partial charge in [-0.15, -0.1) is 0 Å². The highest BCUT2D eigenvalue weighted by Gasteiger charge is 2.11. The molecule has 0 saturated carbocycles. The van der Waals surface area contributed by atoms with Crippen LogP contribution in [0.15, 0.2) is 82.6 Å². The predicted molar refractivity (Wildman–Crippen MR) is 114 cm³/mol. The molecule has 7 heteroatoms. The minimum Gasteiger partial charge on any atom is -0.348 e. The normalized spacial score (nSPS) is 10.8. The lowest BCUT2D eigenvalue weighted by atomic mass is 10.1. The Morgan fingerprint density at radius 2 is 1.80 bits per heavy atom. The van der Waals surface area contributed by atoms with Crippen molar-refractivity contribution in [3.05, 3.63) is 111 Å². The maximum atomic E-state index is 12.8. The van der Waals surface area contributed by atoms with Gasteiger partial charge in [-0.2, -0.15) is 0 Å². The zero-order chi connectivity index (χ0) is 20.9. The molecule has 0 aliphatic carbocycles. The van der Waals surface area contributed by atoms with E-state index in [1.165, 1.54) is 10.6 Å². The van der Waals surface area contributed by atoms with Crippen molar-refractivity contribution in [2.24, 2.45) is 0 Å². The first-order valence-corrected chi connectivity index (χ1v) is 9.60. The molecule has 30 heavy (non-hydrogen) atoms. The maximum absolute atomic E-state index is 12.8. The second-order valence-corrected chi connectivity index (χ2v) is 6.93. The Bertz CT molecular complexity index is 1300. The van der Waals surface area contributed by atoms with Gasteiger partial charge in [0.05, 0.1) is 10.9 Å². The van der Waals surface area contributed by atoms with Crippen LogP contribution in [0.25, 0.3) is 10.9 Å². The van der Waals surface area contributed by atoms with Gasteiger partial charge in [0.25, 0.3) is 11.5 Å². The Morgan fingerprint density at radius 3 is 2.57 bits per heavy atom. The maximum Gasteiger partial charge on any atom is 0.328 e. The summed E-state index contributed by atoms with van der Waals surface area (Å²) in [7, 11) is 0. The molecule has 0 atom stereocenters. The summed E-state index contributed by atoms with van der Waals surface area (Å²) in [6.07, 6.45) is 3.91. The SMILES string of the molecule is O=C(NCc1cccnc1)c1ccc2c(=O)n(CCc3ccccc3)c(=O)[nH]c2c1. The third-order valence-electron chi connectivity index (χ3n) is 4.89. The molecule has 150 valence electrons. The minimum atomic E-state index is -0.489. The molecule has 2 N–H and O–H groups in total. The molecule has 0 radical (unpaired) electrons. The molecule has 0 fully saturated rings. The third kappa shape index (κ3) is 4.20. The molecule has 4 rings (SSSR count). The van der Waals surface area contributed by atoms with Gasteiger partial charge in [-0.05, 0) is 41.8 Å². The molecule has 0 unspecified atom stereocenters. The van der Waals surface area contributed by atoms with Crippen molar-refractivity contribution in [1.29, 1.82) is 0 Å². The van der Waals surface area contributed by atoms with E-state index in [1.54, 1.807) is 30.6 Å². The molecule has 2 aromatic heterocycles. The number of fused-ring (bicyclic) bond motifs is 1. The molecule has 7 nitrogen and oxygen atoms in total. The van der Waals surface area contributed by atoms with Crippen LogP contribution in [0.4, 0.5) is 0 Å². The van der Waals surface area contributed by atoms with Crippen molar-refractivity contribution >= 4 is 16.8 Å². The highest BCUT2D eigenvalue weighted by atomic mass is 16.2. The summed E-state index contributed by atoms with van der Waals surface area (Å²) in [6, 6.07) is 18.0. The molecule has 0 aliphatic heterocycles. The van der Waals surface area contributed by atoms with Crippen molar-refractivity contribution in [1.82, 2.24) is 19.9 Å². The molecule has 1 amide bonds. The van der Waals surface area contributed by atoms with E-state index >= 15 is 0 Å². The second kappa shape index (κ2) is 8.57. The Kier molecular flexibility index (Phi) is 5.52. The zero-order valence-electron chi connectivity index (χ0n) is 16.2. The van der Waals surface area contributed by atoms with E-state index in [-0.39, 0.29) is 18.0 Å². The van der Waals surface area contributed by atoms with Crippen molar-refractivity contribution in [2.45, 2.75) is 19.5 Å². The monoisotopic (exact) mass is 400 g/mol. The van der Waals surface area contributed by atoms with E-state index in [9.17, 15) is 14.4 Å². The Labute approximate surface area is 172 Å². The van der Waals surface area contributed by atoms with Gasteiger partial charge in [0.1, 0.15) is 0 Å². The van der Waals surface area contributed by atoms with Gasteiger partial charge in [0.15, 0.2) is 0 Å². The number of carbonyl (C=O) groups is 1. The summed E-state index contributed by atoms with van der Waals surface area (Å²) < 4.78 is 1.19. The topological polar surface area (TPSA) is 96.8 Å². The van der Waals surface area contributed by atoms with E-state index in [2.05, 4.69) is 15.3 Å². The van der Waals surface area contributed by atoms with Crippen molar-refractivity contribution < 1.29 is 4.79 Å². The highest BCUT2D eigenvalue weighted by molar-refractivity contribution is 5.97. The van der Waals surface area contributed by atoms with Gasteiger partial charge in [-0.1, -0.05) is 36.4 Å². The fourth-order valence-electron chi connectivity index (χ4n) is 3.27. The van der Waals surface area contributed by atoms with Gasteiger partial charge >= 0.3 is 5.69 Å². The van der Waals surface area contributed by atoms with Crippen LogP contribution >= 0.6 is 0 Å². The van der Waals surface area contributed by atoms with Crippen LogP contribution in [0.1, 0.15) is 21.5 Å². The number of nitrogens with one attached hydrogen (secondary N) is 2. The van der Waals surface area contributed by atoms with Gasteiger partial charge in [-0.25, -0.2) is 4.79 Å². The lowest BCUT2D eigenvalue weighted by Crippen LogP contribution is -2.35. The number of aryl methyl sites for hydroxylation is 1. The molecule has 2 aromatic carbocycles. The van der Waals surface area contributed by atoms with Crippen LogP contribution in [-0.4, -0.2) is 20.4 Å². The standard InChI is InChI=1S/C23H20N4O3/c28-21(25-15-17-7-4-11-24-14-17)18-8-9-19-20(13-18)26-23(30)27(22(19)29)12-10-16-5-2-1-3-6-16/h1-9,11,13-14H,10,12,15H2,(H,25,28)(H,26,30). The van der Waals surface area contributed by atoms with Crippen LogP contribution in [0.2, 0.25) is 0 Å². The minimum absolute atomic E-state index is 0.279. The first-order chi connectivity index (χ1) is 14.6. The van der Waals surface area contributed by atoms with Gasteiger partial charge < -0.3 is 10.3 Å². The second-order valence-electron chi connectivity index (χ2n) is 6.93. The number of nitrogens with zero attached hydrogens (tertiary/aromatic N) is 2. The number of rotatable bonds is 6. The number of H-pyrrole nitrogens is 1. The number of amides is 1. The Morgan fingerprint density at radius 1 is 1.00 bits per heavy atom. The Balaban J connectivity index is 1.55. The quantitative estimate of drug-likeness (QED) is 0.519. The molecule has 0 bridgehead atoms. The van der Waals surface area contributed by atoms with Crippen molar-refractivity contribution in [3.63, 3.8) is 0 Å². The molecular formula is C23H20N4O3. The summed E-state index contributed by atoms with van der Waals surface area (Å²) in [5.74, 6) is -0.296. The van der Waals surface area contributed by atoms with E-state index in [4.69, 9.17) is 0 Å². The number of hydrogen-bond donors (Lipinski definition) is 2. The fraction of sp³-hybridized carbons (Fsp3) is 0.130. The summed E-state index contributed by atoms with van der Waals surface area (Å²) >= 11 is 0. The lowest BCUT2D eigenvalue weighted by molar-refractivity contribution is 0.0951. The van der Waals surface area contributed by atoms with Crippen LogP contribution in [0.3, 0.4) is 0 Å². The molecule has 0 aliphatic rings. The Hall–Kier alpha value is -4.00. The van der Waals surface area contributed by atoms with Gasteiger partial charge in [0.2, 0.25) is 0 Å². The van der Waals surface area contributed by atoms with Crippen LogP contribution in [-0.2, 0) is 19.5 Å². The highest BCUT2D eigenvalue weighted by Crippen LogP contribution is 2.10. The zero-order valence-corrected chi connectivity index (χ0v) is 16.2. The number of aromatic amines is 1. The van der Waals surface area contributed by atoms with Crippen LogP contribution < -0.4 is 16.6 Å². The van der Waals surface area contributed by atoms with Crippen molar-refractivity contribution in [3.8, 4) is 0 Å². The van der Waals surface area contributed by atoms with E-state index in [1.807, 2.05) is 36.4 Å². The molecule has 2 heterocycles. The number of hydrogen-bond acceptors (Lipinski definition) is 4. The largest absolute Gasteiger partial charge is 0.348 e. The summed E-state index contributed by atoms with van der Waals surface area (Å²) in [5.41, 5.74) is 1.77. The van der Waals surface area contributed by atoms with Crippen LogP contribution in [0.5, 0.6) is 0 Å². The average molecular weight is 400 g/mol. The summed E-state index contributed by atoms with van der Waals surface area (Å²) in [6.45, 7) is 0.615. The summed E-state index contributed by atoms with van der Waals surface area (Å²) in [5, 5.41) is 3.17.